The molecule has 0 radical (unpaired) electrons. The third-order valence-electron chi connectivity index (χ3n) is 5.83. The molecule has 1 aliphatic carbocycles. The molecule has 1 saturated carbocycles. The van der Waals surface area contributed by atoms with Gasteiger partial charge in [0, 0.05) is 10.9 Å². The molecule has 31 heavy (non-hydrogen) atoms. The van der Waals surface area contributed by atoms with E-state index in [0.717, 1.165) is 27.9 Å². The fourth-order valence-corrected chi connectivity index (χ4v) is 4.00. The minimum absolute atomic E-state index is 0.223. The fraction of sp³-hybridized carbons (Fsp3) is 0.261. The van der Waals surface area contributed by atoms with Gasteiger partial charge in [-0.3, -0.25) is 4.98 Å². The molecule has 0 aliphatic heterocycles. The van der Waals surface area contributed by atoms with Gasteiger partial charge in [-0.25, -0.2) is 18.4 Å². The van der Waals surface area contributed by atoms with Crippen molar-refractivity contribution in [2.24, 2.45) is 11.7 Å². The average Bonchev–Trinajstić information content (AvgIpc) is 3.20. The first-order chi connectivity index (χ1) is 15.0. The van der Waals surface area contributed by atoms with E-state index in [4.69, 9.17) is 10.7 Å². The monoisotopic (exact) mass is 421 g/mol. The lowest BCUT2D eigenvalue weighted by molar-refractivity contribution is 0.0302. The van der Waals surface area contributed by atoms with E-state index in [0.29, 0.717) is 18.7 Å². The maximum absolute atomic E-state index is 13.1. The molecule has 0 spiro atoms. The van der Waals surface area contributed by atoms with Crippen LogP contribution in [0.2, 0.25) is 0 Å². The lowest BCUT2D eigenvalue weighted by atomic mass is 9.76. The van der Waals surface area contributed by atoms with Crippen LogP contribution in [-0.4, -0.2) is 31.0 Å². The minimum Gasteiger partial charge on any atom is -0.393 e. The van der Waals surface area contributed by atoms with Crippen molar-refractivity contribution in [3.8, 4) is 17.1 Å². The van der Waals surface area contributed by atoms with E-state index < -0.39 is 6.43 Å². The number of pyridine rings is 2. The molecular weight excluding hydrogens is 400 g/mol. The minimum atomic E-state index is -2.65. The van der Waals surface area contributed by atoms with Crippen molar-refractivity contribution in [1.29, 1.82) is 0 Å². The number of nitrogens with two attached hydrogens (primary N) is 1. The van der Waals surface area contributed by atoms with Crippen molar-refractivity contribution in [2.45, 2.75) is 31.4 Å². The van der Waals surface area contributed by atoms with Gasteiger partial charge in [0.15, 0.2) is 5.82 Å². The second-order valence-corrected chi connectivity index (χ2v) is 7.91. The Morgan fingerprint density at radius 2 is 1.77 bits per heavy atom. The van der Waals surface area contributed by atoms with Gasteiger partial charge in [0.1, 0.15) is 5.69 Å². The van der Waals surface area contributed by atoms with Crippen molar-refractivity contribution >= 4 is 10.9 Å². The Morgan fingerprint density at radius 3 is 2.55 bits per heavy atom. The number of benzene rings is 1. The molecule has 158 valence electrons. The number of nitrogens with zero attached hydrogens (tertiary/aromatic N) is 4. The summed E-state index contributed by atoms with van der Waals surface area (Å²) < 4.78 is 27.7. The molecule has 5 rings (SSSR count). The van der Waals surface area contributed by atoms with Gasteiger partial charge >= 0.3 is 0 Å². The van der Waals surface area contributed by atoms with E-state index in [1.807, 2.05) is 36.4 Å². The van der Waals surface area contributed by atoms with Crippen LogP contribution in [-0.2, 0) is 0 Å². The lowest BCUT2D eigenvalue weighted by Gasteiger charge is -2.35. The topological polar surface area (TPSA) is 89.9 Å². The molecule has 8 heteroatoms. The Kier molecular flexibility index (Phi) is 4.95. The molecule has 4 aromatic rings. The van der Waals surface area contributed by atoms with Crippen LogP contribution in [0.4, 0.5) is 8.78 Å². The standard InChI is InChI=1S/C23H21F2N5O/c24-23(25)19-5-2-6-21(29-19)30-20-11-13(7-8-14(20)12-27-30)17-3-1-4-18(28-17)22(26)15-9-16(31)10-15/h1-8,11-12,15-16,22-23,31H,9-10,26H2. The number of rotatable bonds is 5. The van der Waals surface area contributed by atoms with Crippen LogP contribution < -0.4 is 5.73 Å². The summed E-state index contributed by atoms with van der Waals surface area (Å²) in [7, 11) is 0. The van der Waals surface area contributed by atoms with Crippen molar-refractivity contribution in [3.63, 3.8) is 0 Å². The summed E-state index contributed by atoms with van der Waals surface area (Å²) in [5.74, 6) is 0.562. The van der Waals surface area contributed by atoms with Crippen LogP contribution in [0.15, 0.2) is 60.8 Å². The zero-order valence-corrected chi connectivity index (χ0v) is 16.6. The maximum atomic E-state index is 13.1. The number of halogens is 2. The number of hydrogen-bond acceptors (Lipinski definition) is 5. The van der Waals surface area contributed by atoms with Gasteiger partial charge in [-0.2, -0.15) is 5.10 Å². The van der Waals surface area contributed by atoms with Crippen LogP contribution in [0.25, 0.3) is 28.0 Å². The average molecular weight is 421 g/mol. The van der Waals surface area contributed by atoms with Gasteiger partial charge in [-0.05, 0) is 49.1 Å². The molecule has 1 unspecified atom stereocenters. The van der Waals surface area contributed by atoms with E-state index in [1.165, 1.54) is 6.07 Å². The Bertz CT molecular complexity index is 1240. The van der Waals surface area contributed by atoms with Crippen LogP contribution in [0.1, 0.15) is 36.7 Å². The number of aromatic nitrogens is 4. The Labute approximate surface area is 177 Å². The first kappa shape index (κ1) is 19.7. The van der Waals surface area contributed by atoms with Crippen LogP contribution in [0.5, 0.6) is 0 Å². The van der Waals surface area contributed by atoms with Gasteiger partial charge in [-0.1, -0.05) is 24.3 Å². The van der Waals surface area contributed by atoms with Crippen molar-refractivity contribution in [3.05, 3.63) is 72.2 Å². The molecule has 3 aromatic heterocycles. The summed E-state index contributed by atoms with van der Waals surface area (Å²) >= 11 is 0. The van der Waals surface area contributed by atoms with Crippen molar-refractivity contribution < 1.29 is 13.9 Å². The van der Waals surface area contributed by atoms with E-state index >= 15 is 0 Å². The highest BCUT2D eigenvalue weighted by Crippen LogP contribution is 2.36. The third-order valence-corrected chi connectivity index (χ3v) is 5.83. The lowest BCUT2D eigenvalue weighted by Crippen LogP contribution is -2.36. The molecule has 0 amide bonds. The Morgan fingerprint density at radius 1 is 1.00 bits per heavy atom. The SMILES string of the molecule is NC(c1cccc(-c2ccc3cnn(-c4cccc(C(F)F)n4)c3c2)n1)C1CC(O)C1. The Balaban J connectivity index is 1.51. The van der Waals surface area contributed by atoms with Gasteiger partial charge in [0.05, 0.1) is 35.2 Å². The Hall–Kier alpha value is -3.23. The normalized spacial score (nSPS) is 19.5. The van der Waals surface area contributed by atoms with Gasteiger partial charge < -0.3 is 10.8 Å². The van der Waals surface area contributed by atoms with Crippen molar-refractivity contribution in [2.75, 3.05) is 0 Å². The number of hydrogen-bond donors (Lipinski definition) is 2. The number of alkyl halides is 2. The third kappa shape index (κ3) is 3.68. The zero-order chi connectivity index (χ0) is 21.5. The first-order valence-electron chi connectivity index (χ1n) is 10.1. The summed E-state index contributed by atoms with van der Waals surface area (Å²) in [6, 6.07) is 15.8. The highest BCUT2D eigenvalue weighted by molar-refractivity contribution is 5.84. The maximum Gasteiger partial charge on any atom is 0.280 e. The van der Waals surface area contributed by atoms with Crippen LogP contribution >= 0.6 is 0 Å². The number of aliphatic hydroxyl groups is 1. The molecule has 6 nitrogen and oxygen atoms in total. The van der Waals surface area contributed by atoms with E-state index in [-0.39, 0.29) is 23.8 Å². The summed E-state index contributed by atoms with van der Waals surface area (Å²) in [6.45, 7) is 0. The van der Waals surface area contributed by atoms with Crippen molar-refractivity contribution in [1.82, 2.24) is 19.7 Å². The number of fused-ring (bicyclic) bond motifs is 1. The summed E-state index contributed by atoms with van der Waals surface area (Å²) in [5, 5.41) is 14.8. The van der Waals surface area contributed by atoms with Gasteiger partial charge in [0.2, 0.25) is 0 Å². The molecular formula is C23H21F2N5O. The largest absolute Gasteiger partial charge is 0.393 e. The summed E-state index contributed by atoms with van der Waals surface area (Å²) in [6.07, 6.45) is 0.160. The second-order valence-electron chi connectivity index (χ2n) is 7.91. The molecule has 1 aromatic carbocycles. The molecule has 3 heterocycles. The smallest absolute Gasteiger partial charge is 0.280 e. The highest BCUT2D eigenvalue weighted by atomic mass is 19.3. The molecule has 3 N–H and O–H groups in total. The van der Waals surface area contributed by atoms with E-state index in [1.54, 1.807) is 23.0 Å². The molecule has 1 fully saturated rings. The second kappa shape index (κ2) is 7.79. The van der Waals surface area contributed by atoms with Gasteiger partial charge in [0.25, 0.3) is 6.43 Å². The molecule has 0 bridgehead atoms. The van der Waals surface area contributed by atoms with E-state index in [2.05, 4.69) is 10.1 Å². The summed E-state index contributed by atoms with van der Waals surface area (Å²) in [5.41, 5.74) is 9.23. The number of aliphatic hydroxyl groups excluding tert-OH is 1. The van der Waals surface area contributed by atoms with Gasteiger partial charge in [-0.15, -0.1) is 0 Å². The van der Waals surface area contributed by atoms with E-state index in [9.17, 15) is 13.9 Å². The highest BCUT2D eigenvalue weighted by Gasteiger charge is 2.33. The first-order valence-corrected chi connectivity index (χ1v) is 10.1. The van der Waals surface area contributed by atoms with Crippen LogP contribution in [0, 0.1) is 5.92 Å². The predicted molar refractivity (Wildman–Crippen MR) is 113 cm³/mol. The fourth-order valence-electron chi connectivity index (χ4n) is 4.00. The molecule has 1 aliphatic rings. The van der Waals surface area contributed by atoms with Crippen LogP contribution in [0.3, 0.4) is 0 Å². The quantitative estimate of drug-likeness (QED) is 0.504. The summed E-state index contributed by atoms with van der Waals surface area (Å²) in [4.78, 5) is 8.79. The predicted octanol–water partition coefficient (Wildman–Crippen LogP) is 4.19. The zero-order valence-electron chi connectivity index (χ0n) is 16.6. The molecule has 0 saturated heterocycles. The molecule has 1 atom stereocenters.